The summed E-state index contributed by atoms with van der Waals surface area (Å²) in [4.78, 5) is 18.4. The van der Waals surface area contributed by atoms with Crippen LogP contribution in [0, 0.1) is 17.6 Å². The van der Waals surface area contributed by atoms with Crippen LogP contribution < -0.4 is 0 Å². The molecule has 1 saturated heterocycles. The number of piperidine rings is 1. The molecule has 0 spiro atoms. The fourth-order valence-corrected chi connectivity index (χ4v) is 3.25. The average Bonchev–Trinajstić information content (AvgIpc) is 3.02. The zero-order valence-corrected chi connectivity index (χ0v) is 13.7. The zero-order chi connectivity index (χ0) is 17.1. The lowest BCUT2D eigenvalue weighted by molar-refractivity contribution is 0.0677. The minimum Gasteiger partial charge on any atom is -0.339 e. The number of imidazole rings is 1. The molecule has 3 rings (SSSR count). The second kappa shape index (κ2) is 7.11. The van der Waals surface area contributed by atoms with E-state index in [0.29, 0.717) is 19.0 Å². The summed E-state index contributed by atoms with van der Waals surface area (Å²) in [6.07, 6.45) is 6.44. The maximum absolute atomic E-state index is 13.8. The molecular weight excluding hydrogens is 312 g/mol. The number of amides is 1. The molecule has 1 fully saturated rings. The van der Waals surface area contributed by atoms with Gasteiger partial charge >= 0.3 is 0 Å². The van der Waals surface area contributed by atoms with E-state index in [-0.39, 0.29) is 11.5 Å². The van der Waals surface area contributed by atoms with E-state index < -0.39 is 11.6 Å². The maximum atomic E-state index is 13.8. The lowest BCUT2D eigenvalue weighted by Crippen LogP contribution is -2.39. The van der Waals surface area contributed by atoms with E-state index in [1.54, 1.807) is 4.90 Å². The van der Waals surface area contributed by atoms with Crippen molar-refractivity contribution in [3.63, 3.8) is 0 Å². The zero-order valence-electron chi connectivity index (χ0n) is 13.7. The van der Waals surface area contributed by atoms with Crippen LogP contribution in [0.2, 0.25) is 0 Å². The van der Waals surface area contributed by atoms with Gasteiger partial charge in [0.05, 0.1) is 5.56 Å². The lowest BCUT2D eigenvalue weighted by atomic mass is 9.96. The third-order valence-corrected chi connectivity index (χ3v) is 4.64. The molecule has 1 aliphatic heterocycles. The summed E-state index contributed by atoms with van der Waals surface area (Å²) >= 11 is 0. The van der Waals surface area contributed by atoms with Crippen molar-refractivity contribution in [2.24, 2.45) is 5.92 Å². The highest BCUT2D eigenvalue weighted by atomic mass is 19.1. The molecule has 0 N–H and O–H groups in total. The molecule has 128 valence electrons. The van der Waals surface area contributed by atoms with Gasteiger partial charge in [-0.3, -0.25) is 4.79 Å². The Bertz CT molecular complexity index is 721. The van der Waals surface area contributed by atoms with E-state index in [1.165, 1.54) is 6.07 Å². The molecule has 1 amide bonds. The summed E-state index contributed by atoms with van der Waals surface area (Å²) in [5, 5.41) is 0. The van der Waals surface area contributed by atoms with Gasteiger partial charge in [0.2, 0.25) is 0 Å². The van der Waals surface area contributed by atoms with Crippen molar-refractivity contribution in [3.05, 3.63) is 53.6 Å². The molecule has 0 aliphatic carbocycles. The van der Waals surface area contributed by atoms with Crippen LogP contribution >= 0.6 is 0 Å². The van der Waals surface area contributed by atoms with Crippen molar-refractivity contribution in [1.82, 2.24) is 14.5 Å². The van der Waals surface area contributed by atoms with Crippen LogP contribution in [0.5, 0.6) is 0 Å². The summed E-state index contributed by atoms with van der Waals surface area (Å²) in [5.74, 6) is -0.278. The molecule has 0 saturated carbocycles. The minimum absolute atomic E-state index is 0.0577. The van der Waals surface area contributed by atoms with Crippen molar-refractivity contribution < 1.29 is 13.6 Å². The van der Waals surface area contributed by atoms with Gasteiger partial charge in [0.15, 0.2) is 0 Å². The van der Waals surface area contributed by atoms with E-state index in [1.807, 2.05) is 12.4 Å². The van der Waals surface area contributed by atoms with Crippen LogP contribution in [0.4, 0.5) is 8.78 Å². The SMILES string of the molecule is CCc1nccn1CC1CCN(C(=O)c2ccc(F)cc2F)CC1. The number of rotatable bonds is 4. The number of benzene rings is 1. The van der Waals surface area contributed by atoms with Crippen LogP contribution in [0.25, 0.3) is 0 Å². The number of nitrogens with zero attached hydrogens (tertiary/aromatic N) is 3. The third kappa shape index (κ3) is 3.47. The van der Waals surface area contributed by atoms with Gasteiger partial charge in [0.25, 0.3) is 5.91 Å². The van der Waals surface area contributed by atoms with Crippen molar-refractivity contribution in [2.75, 3.05) is 13.1 Å². The van der Waals surface area contributed by atoms with E-state index in [2.05, 4.69) is 16.5 Å². The Balaban J connectivity index is 1.59. The summed E-state index contributed by atoms with van der Waals surface area (Å²) in [7, 11) is 0. The molecule has 0 radical (unpaired) electrons. The van der Waals surface area contributed by atoms with Gasteiger partial charge in [-0.2, -0.15) is 0 Å². The Morgan fingerprint density at radius 3 is 2.71 bits per heavy atom. The summed E-state index contributed by atoms with van der Waals surface area (Å²) in [6.45, 7) is 4.17. The number of carbonyl (C=O) groups excluding carboxylic acids is 1. The van der Waals surface area contributed by atoms with Gasteiger partial charge in [0, 0.05) is 44.5 Å². The van der Waals surface area contributed by atoms with Crippen molar-refractivity contribution in [1.29, 1.82) is 0 Å². The largest absolute Gasteiger partial charge is 0.339 e. The first-order valence-electron chi connectivity index (χ1n) is 8.32. The van der Waals surface area contributed by atoms with Crippen LogP contribution in [-0.4, -0.2) is 33.4 Å². The van der Waals surface area contributed by atoms with Crippen LogP contribution in [0.15, 0.2) is 30.6 Å². The molecule has 2 heterocycles. The molecule has 0 bridgehead atoms. The fraction of sp³-hybridized carbons (Fsp3) is 0.444. The second-order valence-electron chi connectivity index (χ2n) is 6.21. The van der Waals surface area contributed by atoms with Crippen molar-refractivity contribution in [3.8, 4) is 0 Å². The molecule has 0 atom stereocenters. The number of halogens is 2. The highest BCUT2D eigenvalue weighted by Crippen LogP contribution is 2.22. The highest BCUT2D eigenvalue weighted by Gasteiger charge is 2.25. The van der Waals surface area contributed by atoms with Gasteiger partial charge < -0.3 is 9.47 Å². The summed E-state index contributed by atoms with van der Waals surface area (Å²) in [6, 6.07) is 3.10. The molecular formula is C18H21F2N3O. The Morgan fingerprint density at radius 2 is 2.04 bits per heavy atom. The first-order valence-corrected chi connectivity index (χ1v) is 8.32. The number of hydrogen-bond donors (Lipinski definition) is 0. The van der Waals surface area contributed by atoms with E-state index in [0.717, 1.165) is 43.8 Å². The predicted octanol–water partition coefficient (Wildman–Crippen LogP) is 3.28. The smallest absolute Gasteiger partial charge is 0.256 e. The minimum atomic E-state index is -0.798. The predicted molar refractivity (Wildman–Crippen MR) is 86.6 cm³/mol. The molecule has 4 nitrogen and oxygen atoms in total. The standard InChI is InChI=1S/C18H21F2N3O/c1-2-17-21-7-10-23(17)12-13-5-8-22(9-6-13)18(24)15-4-3-14(19)11-16(15)20/h3-4,7,10-11,13H,2,5-6,8-9,12H2,1H3. The number of aryl methyl sites for hydroxylation is 1. The first-order chi connectivity index (χ1) is 11.6. The Morgan fingerprint density at radius 1 is 1.29 bits per heavy atom. The number of carbonyl (C=O) groups is 1. The Kier molecular flexibility index (Phi) is 4.92. The monoisotopic (exact) mass is 333 g/mol. The topological polar surface area (TPSA) is 38.1 Å². The molecule has 0 unspecified atom stereocenters. The second-order valence-corrected chi connectivity index (χ2v) is 6.21. The van der Waals surface area contributed by atoms with Gasteiger partial charge in [0.1, 0.15) is 17.5 Å². The quantitative estimate of drug-likeness (QED) is 0.861. The molecule has 24 heavy (non-hydrogen) atoms. The first kappa shape index (κ1) is 16.6. The number of hydrogen-bond acceptors (Lipinski definition) is 2. The van der Waals surface area contributed by atoms with Gasteiger partial charge in [-0.1, -0.05) is 6.92 Å². The van der Waals surface area contributed by atoms with Crippen LogP contribution in [0.3, 0.4) is 0 Å². The average molecular weight is 333 g/mol. The van der Waals surface area contributed by atoms with E-state index in [9.17, 15) is 13.6 Å². The van der Waals surface area contributed by atoms with Crippen LogP contribution in [-0.2, 0) is 13.0 Å². The van der Waals surface area contributed by atoms with E-state index in [4.69, 9.17) is 0 Å². The van der Waals surface area contributed by atoms with Crippen molar-refractivity contribution >= 4 is 5.91 Å². The number of likely N-dealkylation sites (tertiary alicyclic amines) is 1. The third-order valence-electron chi connectivity index (χ3n) is 4.64. The molecule has 6 heteroatoms. The van der Waals surface area contributed by atoms with Gasteiger partial charge in [-0.15, -0.1) is 0 Å². The van der Waals surface area contributed by atoms with Gasteiger partial charge in [-0.05, 0) is 30.9 Å². The van der Waals surface area contributed by atoms with Crippen molar-refractivity contribution in [2.45, 2.75) is 32.7 Å². The molecule has 1 aromatic heterocycles. The molecule has 2 aromatic rings. The van der Waals surface area contributed by atoms with Crippen LogP contribution in [0.1, 0.15) is 35.9 Å². The summed E-state index contributed by atoms with van der Waals surface area (Å²) in [5.41, 5.74) is -0.0577. The molecule has 1 aromatic carbocycles. The number of aromatic nitrogens is 2. The molecule has 1 aliphatic rings. The fourth-order valence-electron chi connectivity index (χ4n) is 3.25. The highest BCUT2D eigenvalue weighted by molar-refractivity contribution is 5.94. The van der Waals surface area contributed by atoms with E-state index >= 15 is 0 Å². The lowest BCUT2D eigenvalue weighted by Gasteiger charge is -2.32. The summed E-state index contributed by atoms with van der Waals surface area (Å²) < 4.78 is 28.9. The Labute approximate surface area is 140 Å². The Hall–Kier alpha value is -2.24. The maximum Gasteiger partial charge on any atom is 0.256 e. The normalized spacial score (nSPS) is 15.7. The van der Waals surface area contributed by atoms with Gasteiger partial charge in [-0.25, -0.2) is 13.8 Å².